The van der Waals surface area contributed by atoms with Crippen LogP contribution in [0.25, 0.3) is 0 Å². The molecule has 0 saturated carbocycles. The molecule has 1 rings (SSSR count). The smallest absolute Gasteiger partial charge is 0.323 e. The van der Waals surface area contributed by atoms with E-state index in [1.54, 1.807) is 17.9 Å². The highest BCUT2D eigenvalue weighted by Crippen LogP contribution is 2.24. The van der Waals surface area contributed by atoms with Crippen molar-refractivity contribution in [3.8, 4) is 0 Å². The molecule has 0 aliphatic heterocycles. The van der Waals surface area contributed by atoms with Crippen molar-refractivity contribution in [1.82, 2.24) is 10.1 Å². The van der Waals surface area contributed by atoms with Gasteiger partial charge in [-0.3, -0.25) is 5.32 Å². The van der Waals surface area contributed by atoms with E-state index in [9.17, 15) is 9.90 Å². The quantitative estimate of drug-likeness (QED) is 0.890. The third kappa shape index (κ3) is 4.52. The van der Waals surface area contributed by atoms with Crippen LogP contribution in [-0.2, 0) is 5.41 Å². The van der Waals surface area contributed by atoms with Crippen LogP contribution in [0.2, 0.25) is 0 Å². The van der Waals surface area contributed by atoms with Crippen molar-refractivity contribution < 1.29 is 14.4 Å². The molecular weight excluding hydrogens is 258 g/mol. The van der Waals surface area contributed by atoms with E-state index in [4.69, 9.17) is 4.52 Å². The molecule has 1 aromatic rings. The summed E-state index contributed by atoms with van der Waals surface area (Å²) in [6.07, 6.45) is -0.578. The van der Waals surface area contributed by atoms with Crippen molar-refractivity contribution in [2.75, 3.05) is 11.9 Å². The minimum Gasteiger partial charge on any atom is -0.392 e. The maximum atomic E-state index is 12.2. The van der Waals surface area contributed by atoms with Gasteiger partial charge in [0, 0.05) is 24.1 Å². The number of aliphatic hydroxyl groups is 1. The Hall–Kier alpha value is -1.56. The van der Waals surface area contributed by atoms with Gasteiger partial charge in [-0.15, -0.1) is 0 Å². The van der Waals surface area contributed by atoms with E-state index in [2.05, 4.69) is 10.5 Å². The average Bonchev–Trinajstić information content (AvgIpc) is 2.73. The van der Waals surface area contributed by atoms with Crippen LogP contribution >= 0.6 is 0 Å². The van der Waals surface area contributed by atoms with Crippen LogP contribution in [-0.4, -0.2) is 39.9 Å². The molecule has 6 heteroatoms. The van der Waals surface area contributed by atoms with Crippen LogP contribution in [0.3, 0.4) is 0 Å². The van der Waals surface area contributed by atoms with Crippen molar-refractivity contribution >= 4 is 11.8 Å². The molecule has 0 spiro atoms. The van der Waals surface area contributed by atoms with Gasteiger partial charge in [-0.2, -0.15) is 0 Å². The number of carbonyl (C=O) groups excluding carboxylic acids is 1. The number of amides is 2. The molecule has 0 fully saturated rings. The molecule has 6 nitrogen and oxygen atoms in total. The predicted octanol–water partition coefficient (Wildman–Crippen LogP) is 2.60. The summed E-state index contributed by atoms with van der Waals surface area (Å²) in [6, 6.07) is 1.41. The Morgan fingerprint density at radius 2 is 2.05 bits per heavy atom. The second-order valence-corrected chi connectivity index (χ2v) is 6.35. The van der Waals surface area contributed by atoms with Gasteiger partial charge in [0.15, 0.2) is 5.82 Å². The SMILES string of the molecule is CC(O)CN(C(=O)Nc1cc(C(C)(C)C)on1)C(C)C. The van der Waals surface area contributed by atoms with Gasteiger partial charge in [-0.05, 0) is 20.8 Å². The summed E-state index contributed by atoms with van der Waals surface area (Å²) in [7, 11) is 0. The van der Waals surface area contributed by atoms with Gasteiger partial charge in [0.1, 0.15) is 5.76 Å². The van der Waals surface area contributed by atoms with E-state index in [-0.39, 0.29) is 24.0 Å². The number of nitrogens with one attached hydrogen (secondary N) is 1. The number of hydrogen-bond acceptors (Lipinski definition) is 4. The van der Waals surface area contributed by atoms with E-state index in [0.717, 1.165) is 0 Å². The van der Waals surface area contributed by atoms with Gasteiger partial charge in [-0.1, -0.05) is 25.9 Å². The van der Waals surface area contributed by atoms with Crippen LogP contribution in [0.1, 0.15) is 47.3 Å². The minimum absolute atomic E-state index is 0.0152. The minimum atomic E-state index is -0.578. The van der Waals surface area contributed by atoms with Crippen molar-refractivity contribution in [2.45, 2.75) is 59.1 Å². The molecule has 20 heavy (non-hydrogen) atoms. The summed E-state index contributed by atoms with van der Waals surface area (Å²) in [5.74, 6) is 1.09. The Morgan fingerprint density at radius 3 is 2.45 bits per heavy atom. The molecule has 1 heterocycles. The summed E-state index contributed by atoms with van der Waals surface area (Å²) in [5.41, 5.74) is -0.159. The molecule has 0 aromatic carbocycles. The molecule has 1 unspecified atom stereocenters. The maximum Gasteiger partial charge on any atom is 0.323 e. The molecule has 1 atom stereocenters. The summed E-state index contributed by atoms with van der Waals surface area (Å²) in [4.78, 5) is 13.7. The van der Waals surface area contributed by atoms with Gasteiger partial charge >= 0.3 is 6.03 Å². The lowest BCUT2D eigenvalue weighted by molar-refractivity contribution is 0.125. The number of carbonyl (C=O) groups is 1. The zero-order chi connectivity index (χ0) is 15.5. The number of aromatic nitrogens is 1. The highest BCUT2D eigenvalue weighted by molar-refractivity contribution is 5.88. The normalized spacial score (nSPS) is 13.4. The predicted molar refractivity (Wildman–Crippen MR) is 77.7 cm³/mol. The second kappa shape index (κ2) is 6.26. The molecular formula is C14H25N3O3. The monoisotopic (exact) mass is 283 g/mol. The van der Waals surface area contributed by atoms with Gasteiger partial charge in [-0.25, -0.2) is 4.79 Å². The zero-order valence-corrected chi connectivity index (χ0v) is 13.1. The summed E-state index contributed by atoms with van der Waals surface area (Å²) in [6.45, 7) is 11.7. The number of urea groups is 1. The fourth-order valence-corrected chi connectivity index (χ4v) is 1.68. The van der Waals surface area contributed by atoms with Crippen LogP contribution in [0, 0.1) is 0 Å². The van der Waals surface area contributed by atoms with Gasteiger partial charge in [0.2, 0.25) is 0 Å². The maximum absolute atomic E-state index is 12.2. The molecule has 2 N–H and O–H groups in total. The summed E-state index contributed by atoms with van der Waals surface area (Å²) >= 11 is 0. The van der Waals surface area contributed by atoms with Crippen molar-refractivity contribution in [1.29, 1.82) is 0 Å². The Balaban J connectivity index is 2.76. The van der Waals surface area contributed by atoms with Crippen LogP contribution in [0.5, 0.6) is 0 Å². The van der Waals surface area contributed by atoms with E-state index in [1.165, 1.54) is 0 Å². The lowest BCUT2D eigenvalue weighted by Crippen LogP contribution is -2.43. The third-order valence-electron chi connectivity index (χ3n) is 2.83. The van der Waals surface area contributed by atoms with Crippen molar-refractivity contribution in [2.24, 2.45) is 0 Å². The molecule has 0 aliphatic carbocycles. The van der Waals surface area contributed by atoms with E-state index in [1.807, 2.05) is 34.6 Å². The largest absolute Gasteiger partial charge is 0.392 e. The standard InChI is InChI=1S/C14H25N3O3/c1-9(2)17(8-10(3)18)13(19)15-12-7-11(20-16-12)14(4,5)6/h7,9-10,18H,8H2,1-6H3,(H,15,16,19). The fourth-order valence-electron chi connectivity index (χ4n) is 1.68. The topological polar surface area (TPSA) is 78.6 Å². The molecule has 0 bridgehead atoms. The van der Waals surface area contributed by atoms with E-state index in [0.29, 0.717) is 11.6 Å². The third-order valence-corrected chi connectivity index (χ3v) is 2.83. The Bertz CT molecular complexity index is 447. The van der Waals surface area contributed by atoms with Crippen LogP contribution in [0.4, 0.5) is 10.6 Å². The lowest BCUT2D eigenvalue weighted by atomic mass is 9.93. The molecule has 0 saturated heterocycles. The van der Waals surface area contributed by atoms with E-state index >= 15 is 0 Å². The van der Waals surface area contributed by atoms with Crippen molar-refractivity contribution in [3.05, 3.63) is 11.8 Å². The highest BCUT2D eigenvalue weighted by atomic mass is 16.5. The first-order valence-electron chi connectivity index (χ1n) is 6.84. The second-order valence-electron chi connectivity index (χ2n) is 6.35. The number of hydrogen-bond donors (Lipinski definition) is 2. The van der Waals surface area contributed by atoms with Crippen LogP contribution in [0.15, 0.2) is 10.6 Å². The van der Waals surface area contributed by atoms with E-state index < -0.39 is 6.10 Å². The molecule has 114 valence electrons. The number of aliphatic hydroxyl groups excluding tert-OH is 1. The Morgan fingerprint density at radius 1 is 1.45 bits per heavy atom. The first-order valence-corrected chi connectivity index (χ1v) is 6.84. The first kappa shape index (κ1) is 16.5. The number of rotatable bonds is 4. The molecule has 2 amide bonds. The molecule has 1 aromatic heterocycles. The van der Waals surface area contributed by atoms with Gasteiger partial charge in [0.05, 0.1) is 6.10 Å². The lowest BCUT2D eigenvalue weighted by Gasteiger charge is -2.27. The Kier molecular flexibility index (Phi) is 5.16. The first-order chi connectivity index (χ1) is 9.11. The number of anilines is 1. The van der Waals surface area contributed by atoms with Gasteiger partial charge in [0.25, 0.3) is 0 Å². The average molecular weight is 283 g/mol. The van der Waals surface area contributed by atoms with Gasteiger partial charge < -0.3 is 14.5 Å². The molecule has 0 aliphatic rings. The zero-order valence-electron chi connectivity index (χ0n) is 13.1. The summed E-state index contributed by atoms with van der Waals surface area (Å²) in [5, 5.41) is 16.0. The number of nitrogens with zero attached hydrogens (tertiary/aromatic N) is 2. The Labute approximate surface area is 120 Å². The van der Waals surface area contributed by atoms with Crippen molar-refractivity contribution in [3.63, 3.8) is 0 Å². The van der Waals surface area contributed by atoms with Crippen LogP contribution < -0.4 is 5.32 Å². The fraction of sp³-hybridized carbons (Fsp3) is 0.714. The highest BCUT2D eigenvalue weighted by Gasteiger charge is 2.23. The summed E-state index contributed by atoms with van der Waals surface area (Å²) < 4.78 is 5.22. The molecule has 0 radical (unpaired) electrons.